The van der Waals surface area contributed by atoms with Gasteiger partial charge in [0.05, 0.1) is 12.5 Å². The molecule has 2 N–H and O–H groups in total. The maximum absolute atomic E-state index is 9.53. The molecule has 5 nitrogen and oxygen atoms in total. The second kappa shape index (κ2) is 4.59. The van der Waals surface area contributed by atoms with Crippen LogP contribution in [-0.2, 0) is 6.42 Å². The van der Waals surface area contributed by atoms with E-state index in [1.54, 1.807) is 24.3 Å². The lowest BCUT2D eigenvalue weighted by atomic mass is 9.99. The lowest BCUT2D eigenvalue weighted by Gasteiger charge is -2.04. The van der Waals surface area contributed by atoms with Crippen LogP contribution in [-0.4, -0.2) is 15.4 Å². The molecule has 0 aliphatic heterocycles. The topological polar surface area (TPSA) is 90.3 Å². The highest BCUT2D eigenvalue weighted by Gasteiger charge is 2.14. The van der Waals surface area contributed by atoms with E-state index in [1.807, 2.05) is 0 Å². The van der Waals surface area contributed by atoms with Crippen molar-refractivity contribution in [3.05, 3.63) is 42.0 Å². The zero-order chi connectivity index (χ0) is 14.1. The van der Waals surface area contributed by atoms with E-state index in [0.717, 1.165) is 10.9 Å². The molecule has 5 heteroatoms. The van der Waals surface area contributed by atoms with Crippen molar-refractivity contribution in [1.82, 2.24) is 5.16 Å². The van der Waals surface area contributed by atoms with E-state index in [4.69, 9.17) is 9.78 Å². The molecular formula is C15H10N2O3. The van der Waals surface area contributed by atoms with Crippen LogP contribution in [0.15, 0.2) is 40.9 Å². The third-order valence-electron chi connectivity index (χ3n) is 3.07. The number of rotatable bonds is 2. The first-order valence-electron chi connectivity index (χ1n) is 5.96. The Hall–Kier alpha value is -3.00. The van der Waals surface area contributed by atoms with Crippen LogP contribution in [0.2, 0.25) is 0 Å². The molecule has 2 aromatic carbocycles. The summed E-state index contributed by atoms with van der Waals surface area (Å²) in [6.45, 7) is 0. The highest BCUT2D eigenvalue weighted by Crippen LogP contribution is 2.33. The number of phenolic OH excluding ortho intramolecular Hbond substituents is 2. The molecule has 0 saturated carbocycles. The molecule has 0 saturated heterocycles. The summed E-state index contributed by atoms with van der Waals surface area (Å²) in [4.78, 5) is 0. The van der Waals surface area contributed by atoms with Gasteiger partial charge < -0.3 is 14.7 Å². The highest BCUT2D eigenvalue weighted by atomic mass is 16.5. The van der Waals surface area contributed by atoms with Crippen LogP contribution < -0.4 is 0 Å². The molecule has 0 radical (unpaired) electrons. The number of fused-ring (bicyclic) bond motifs is 1. The molecule has 0 atom stereocenters. The number of hydrogen-bond acceptors (Lipinski definition) is 5. The van der Waals surface area contributed by atoms with Gasteiger partial charge in [-0.1, -0.05) is 5.16 Å². The lowest BCUT2D eigenvalue weighted by Crippen LogP contribution is -1.89. The standard InChI is InChI=1S/C15H10N2O3/c16-6-5-9-7-10(18)1-3-12(9)15-13-4-2-11(19)8-14(13)20-17-15/h1-4,7-8,18-19H,5H2. The summed E-state index contributed by atoms with van der Waals surface area (Å²) in [6, 6.07) is 11.6. The van der Waals surface area contributed by atoms with Crippen molar-refractivity contribution >= 4 is 11.0 Å². The third kappa shape index (κ3) is 1.93. The van der Waals surface area contributed by atoms with Crippen LogP contribution in [0.5, 0.6) is 11.5 Å². The molecule has 0 spiro atoms. The molecule has 0 fully saturated rings. The molecular weight excluding hydrogens is 256 g/mol. The largest absolute Gasteiger partial charge is 0.508 e. The molecule has 0 aliphatic carbocycles. The second-order valence-corrected chi connectivity index (χ2v) is 4.39. The minimum Gasteiger partial charge on any atom is -0.508 e. The van der Waals surface area contributed by atoms with Gasteiger partial charge in [0.25, 0.3) is 0 Å². The van der Waals surface area contributed by atoms with Crippen molar-refractivity contribution < 1.29 is 14.7 Å². The normalized spacial score (nSPS) is 10.6. The fourth-order valence-corrected chi connectivity index (χ4v) is 2.16. The Bertz CT molecular complexity index is 831. The highest BCUT2D eigenvalue weighted by molar-refractivity contribution is 5.93. The Morgan fingerprint density at radius 1 is 1.10 bits per heavy atom. The molecule has 0 unspecified atom stereocenters. The quantitative estimate of drug-likeness (QED) is 0.744. The van der Waals surface area contributed by atoms with Crippen LogP contribution in [0.3, 0.4) is 0 Å². The van der Waals surface area contributed by atoms with E-state index in [1.165, 1.54) is 12.1 Å². The summed E-state index contributed by atoms with van der Waals surface area (Å²) < 4.78 is 5.19. The Labute approximate surface area is 114 Å². The Balaban J connectivity index is 2.23. The van der Waals surface area contributed by atoms with Gasteiger partial charge in [-0.15, -0.1) is 0 Å². The number of aromatic nitrogens is 1. The van der Waals surface area contributed by atoms with Crippen LogP contribution in [0.4, 0.5) is 0 Å². The average Bonchev–Trinajstić information content (AvgIpc) is 2.82. The molecule has 98 valence electrons. The third-order valence-corrected chi connectivity index (χ3v) is 3.07. The molecule has 20 heavy (non-hydrogen) atoms. The fraction of sp³-hybridized carbons (Fsp3) is 0.0667. The SMILES string of the molecule is N#CCc1cc(O)ccc1-c1noc2cc(O)ccc12. The van der Waals surface area contributed by atoms with Gasteiger partial charge in [0, 0.05) is 17.0 Å². The summed E-state index contributed by atoms with van der Waals surface area (Å²) in [6.07, 6.45) is 0.163. The predicted octanol–water partition coefficient (Wildman–Crippen LogP) is 2.97. The number of nitrogens with zero attached hydrogens (tertiary/aromatic N) is 2. The van der Waals surface area contributed by atoms with Crippen molar-refractivity contribution in [3.63, 3.8) is 0 Å². The summed E-state index contributed by atoms with van der Waals surface area (Å²) in [7, 11) is 0. The molecule has 1 heterocycles. The number of hydrogen-bond donors (Lipinski definition) is 2. The molecule has 3 aromatic rings. The maximum atomic E-state index is 9.53. The van der Waals surface area contributed by atoms with Crippen LogP contribution in [0.1, 0.15) is 5.56 Å². The maximum Gasteiger partial charge on any atom is 0.171 e. The first kappa shape index (κ1) is 12.1. The van der Waals surface area contributed by atoms with Crippen LogP contribution >= 0.6 is 0 Å². The monoisotopic (exact) mass is 266 g/mol. The van der Waals surface area contributed by atoms with E-state index < -0.39 is 0 Å². The van der Waals surface area contributed by atoms with Gasteiger partial charge >= 0.3 is 0 Å². The van der Waals surface area contributed by atoms with Gasteiger partial charge in [-0.3, -0.25) is 0 Å². The number of phenols is 2. The Morgan fingerprint density at radius 3 is 2.65 bits per heavy atom. The van der Waals surface area contributed by atoms with E-state index in [2.05, 4.69) is 11.2 Å². The predicted molar refractivity (Wildman–Crippen MR) is 72.1 cm³/mol. The van der Waals surface area contributed by atoms with Crippen LogP contribution in [0, 0.1) is 11.3 Å². The smallest absolute Gasteiger partial charge is 0.171 e. The first-order valence-corrected chi connectivity index (χ1v) is 5.96. The fourth-order valence-electron chi connectivity index (χ4n) is 2.16. The van der Waals surface area contributed by atoms with E-state index in [9.17, 15) is 10.2 Å². The van der Waals surface area contributed by atoms with Gasteiger partial charge in [0.2, 0.25) is 0 Å². The van der Waals surface area contributed by atoms with Gasteiger partial charge in [-0.2, -0.15) is 5.26 Å². The van der Waals surface area contributed by atoms with E-state index >= 15 is 0 Å². The summed E-state index contributed by atoms with van der Waals surface area (Å²) in [5.41, 5.74) is 2.46. The molecule has 0 amide bonds. The first-order chi connectivity index (χ1) is 9.69. The van der Waals surface area contributed by atoms with Gasteiger partial charge in [-0.25, -0.2) is 0 Å². The Morgan fingerprint density at radius 2 is 1.85 bits per heavy atom. The molecule has 1 aromatic heterocycles. The average molecular weight is 266 g/mol. The zero-order valence-corrected chi connectivity index (χ0v) is 10.4. The van der Waals surface area contributed by atoms with E-state index in [-0.39, 0.29) is 17.9 Å². The molecule has 3 rings (SSSR count). The lowest BCUT2D eigenvalue weighted by molar-refractivity contribution is 0.451. The van der Waals surface area contributed by atoms with Crippen molar-refractivity contribution in [2.75, 3.05) is 0 Å². The summed E-state index contributed by atoms with van der Waals surface area (Å²) in [5, 5.41) is 32.6. The minimum absolute atomic E-state index is 0.100. The van der Waals surface area contributed by atoms with Gasteiger partial charge in [-0.05, 0) is 35.9 Å². The molecule has 0 aliphatic rings. The Kier molecular flexibility index (Phi) is 2.77. The minimum atomic E-state index is 0.100. The van der Waals surface area contributed by atoms with Gasteiger partial charge in [0.1, 0.15) is 17.2 Å². The van der Waals surface area contributed by atoms with Crippen molar-refractivity contribution in [2.45, 2.75) is 6.42 Å². The number of benzene rings is 2. The van der Waals surface area contributed by atoms with E-state index in [0.29, 0.717) is 16.8 Å². The molecule has 0 bridgehead atoms. The van der Waals surface area contributed by atoms with Crippen LogP contribution in [0.25, 0.3) is 22.2 Å². The summed E-state index contributed by atoms with van der Waals surface area (Å²) >= 11 is 0. The van der Waals surface area contributed by atoms with Crippen molar-refractivity contribution in [1.29, 1.82) is 5.26 Å². The number of nitriles is 1. The summed E-state index contributed by atoms with van der Waals surface area (Å²) in [5.74, 6) is 0.201. The number of aromatic hydroxyl groups is 2. The van der Waals surface area contributed by atoms with Gasteiger partial charge in [0.15, 0.2) is 5.58 Å². The second-order valence-electron chi connectivity index (χ2n) is 4.39. The zero-order valence-electron chi connectivity index (χ0n) is 10.4. The van der Waals surface area contributed by atoms with Crippen molar-refractivity contribution in [2.24, 2.45) is 0 Å². The van der Waals surface area contributed by atoms with Crippen molar-refractivity contribution in [3.8, 4) is 28.8 Å².